The highest BCUT2D eigenvalue weighted by Gasteiger charge is 1.79. The predicted molar refractivity (Wildman–Crippen MR) is 64.9 cm³/mol. The van der Waals surface area contributed by atoms with E-state index in [2.05, 4.69) is 0 Å². The van der Waals surface area contributed by atoms with Crippen LogP contribution in [0.2, 0.25) is 0 Å². The Morgan fingerprint density at radius 1 is 0.722 bits per heavy atom. The van der Waals surface area contributed by atoms with Gasteiger partial charge in [-0.3, -0.25) is 4.21 Å². The van der Waals surface area contributed by atoms with E-state index in [1.807, 2.05) is 84.4 Å². The second-order valence-corrected chi connectivity index (χ2v) is 3.69. The van der Waals surface area contributed by atoms with E-state index < -0.39 is 11.4 Å². The van der Waals surface area contributed by atoms with Gasteiger partial charge in [-0.05, 0) is 0 Å². The highest BCUT2D eigenvalue weighted by molar-refractivity contribution is 7.72. The van der Waals surface area contributed by atoms with E-state index >= 15 is 0 Å². The monoisotopic (exact) mass is 268 g/mol. The molecule has 0 radical (unpaired) electrons. The minimum atomic E-state index is -3.11. The van der Waals surface area contributed by atoms with Crippen molar-refractivity contribution in [3.8, 4) is 0 Å². The molecule has 0 saturated carbocycles. The zero-order valence-electron chi connectivity index (χ0n) is 10.3. The molecule has 0 aromatic carbocycles. The van der Waals surface area contributed by atoms with Gasteiger partial charge in [0.1, 0.15) is 14.1 Å². The van der Waals surface area contributed by atoms with E-state index in [1.165, 1.54) is 0 Å². The topological polar surface area (TPSA) is 71.0 Å². The van der Waals surface area contributed by atoms with Gasteiger partial charge in [0.25, 0.3) is 0 Å². The quantitative estimate of drug-likeness (QED) is 0.499. The Morgan fingerprint density at radius 3 is 1.06 bits per heavy atom. The minimum Gasteiger partial charge on any atom is -0.784 e. The summed E-state index contributed by atoms with van der Waals surface area (Å²) in [4.78, 5) is 0. The van der Waals surface area contributed by atoms with Crippen LogP contribution in [0.25, 0.3) is 0 Å². The van der Waals surface area contributed by atoms with Crippen LogP contribution in [0.3, 0.4) is 0 Å². The molecule has 0 fully saturated rings. The van der Waals surface area contributed by atoms with Crippen molar-refractivity contribution in [2.75, 3.05) is 0 Å². The minimum absolute atomic E-state index is 2.00. The van der Waals surface area contributed by atoms with Crippen molar-refractivity contribution in [3.05, 3.63) is 61.2 Å². The van der Waals surface area contributed by atoms with E-state index in [4.69, 9.17) is 13.3 Å². The number of hydrogen-bond acceptors (Lipinski definition) is 3. The van der Waals surface area contributed by atoms with Gasteiger partial charge in [0.2, 0.25) is 0 Å². The summed E-state index contributed by atoms with van der Waals surface area (Å²) in [7, 11) is 4.00. The maximum absolute atomic E-state index is 8.44. The molecule has 0 aliphatic rings. The summed E-state index contributed by atoms with van der Waals surface area (Å²) in [6.45, 7) is 0. The fraction of sp³-hybridized carbons (Fsp3) is 0.167. The predicted octanol–water partition coefficient (Wildman–Crippen LogP) is 0.0181. The number of aryl methyl sites for hydroxylation is 2. The van der Waals surface area contributed by atoms with Crippen LogP contribution in [0.5, 0.6) is 0 Å². The van der Waals surface area contributed by atoms with Crippen molar-refractivity contribution in [2.45, 2.75) is 0 Å². The number of rotatable bonds is 0. The lowest BCUT2D eigenvalue weighted by molar-refractivity contribution is -0.671. The first-order chi connectivity index (χ1) is 8.52. The van der Waals surface area contributed by atoms with E-state index in [-0.39, 0.29) is 0 Å². The average molecular weight is 268 g/mol. The molecule has 0 aliphatic heterocycles. The molecule has 2 aromatic heterocycles. The van der Waals surface area contributed by atoms with Gasteiger partial charge < -0.3 is 9.11 Å². The molecule has 0 unspecified atom stereocenters. The van der Waals surface area contributed by atoms with E-state index in [0.29, 0.717) is 0 Å². The Hall–Kier alpha value is -1.63. The third kappa shape index (κ3) is 12.4. The summed E-state index contributed by atoms with van der Waals surface area (Å²) in [6, 6.07) is 12.0. The van der Waals surface area contributed by atoms with Crippen LogP contribution < -0.4 is 9.13 Å². The molecule has 0 atom stereocenters. The lowest BCUT2D eigenvalue weighted by atomic mass is 10.5. The van der Waals surface area contributed by atoms with Crippen LogP contribution >= 0.6 is 0 Å². The molecule has 0 aliphatic carbocycles. The summed E-state index contributed by atoms with van der Waals surface area (Å²) in [6.07, 6.45) is 8.00. The fourth-order valence-corrected chi connectivity index (χ4v) is 0.969. The third-order valence-corrected chi connectivity index (χ3v) is 1.73. The molecule has 0 saturated heterocycles. The van der Waals surface area contributed by atoms with Crippen LogP contribution in [0.15, 0.2) is 61.2 Å². The van der Waals surface area contributed by atoms with Crippen LogP contribution in [-0.2, 0) is 25.5 Å². The normalized spacial score (nSPS) is 8.72. The summed E-state index contributed by atoms with van der Waals surface area (Å²) < 4.78 is 29.3. The summed E-state index contributed by atoms with van der Waals surface area (Å²) in [5, 5.41) is 0. The van der Waals surface area contributed by atoms with Crippen molar-refractivity contribution in [1.82, 2.24) is 0 Å². The molecule has 5 nitrogen and oxygen atoms in total. The maximum Gasteiger partial charge on any atom is 0.168 e. The van der Waals surface area contributed by atoms with Gasteiger partial charge in [0.05, 0.1) is 0 Å². The van der Waals surface area contributed by atoms with Crippen LogP contribution in [0, 0.1) is 0 Å². The van der Waals surface area contributed by atoms with Crippen molar-refractivity contribution in [3.63, 3.8) is 0 Å². The van der Waals surface area contributed by atoms with Crippen LogP contribution in [-0.4, -0.2) is 13.3 Å². The average Bonchev–Trinajstić information content (AvgIpc) is 2.31. The second kappa shape index (κ2) is 10.5. The van der Waals surface area contributed by atoms with Gasteiger partial charge in [0, 0.05) is 24.3 Å². The van der Waals surface area contributed by atoms with Gasteiger partial charge >= 0.3 is 0 Å². The van der Waals surface area contributed by atoms with Crippen molar-refractivity contribution in [1.29, 1.82) is 0 Å². The smallest absolute Gasteiger partial charge is 0.168 e. The largest absolute Gasteiger partial charge is 0.784 e. The number of hydrogen-bond donors (Lipinski definition) is 0. The van der Waals surface area contributed by atoms with Crippen molar-refractivity contribution < 1.29 is 22.4 Å². The summed E-state index contributed by atoms with van der Waals surface area (Å²) in [5.41, 5.74) is 0. The molecule has 0 spiro atoms. The molecule has 2 heterocycles. The van der Waals surface area contributed by atoms with Gasteiger partial charge in [-0.25, -0.2) is 9.13 Å². The first-order valence-corrected chi connectivity index (χ1v) is 6.09. The van der Waals surface area contributed by atoms with Crippen molar-refractivity contribution in [2.24, 2.45) is 14.1 Å². The van der Waals surface area contributed by atoms with Gasteiger partial charge in [-0.2, -0.15) is 0 Å². The zero-order chi connectivity index (χ0) is 13.8. The Balaban J connectivity index is 0.000000253. The summed E-state index contributed by atoms with van der Waals surface area (Å²) >= 11 is -3.11. The van der Waals surface area contributed by atoms with Crippen LogP contribution in [0.4, 0.5) is 0 Å². The molecular weight excluding hydrogens is 252 g/mol. The Kier molecular flexibility index (Phi) is 9.57. The van der Waals surface area contributed by atoms with Crippen molar-refractivity contribution >= 4 is 11.4 Å². The maximum atomic E-state index is 8.44. The SMILES string of the molecule is C[n+]1ccccc1.C[n+]1ccccc1.O=S([O-])[O-]. The molecule has 2 aromatic rings. The lowest BCUT2D eigenvalue weighted by Gasteiger charge is -2.03. The van der Waals surface area contributed by atoms with Crippen LogP contribution in [0.1, 0.15) is 0 Å². The molecule has 6 heteroatoms. The zero-order valence-corrected chi connectivity index (χ0v) is 11.1. The van der Waals surface area contributed by atoms with Gasteiger partial charge in [0.15, 0.2) is 24.8 Å². The number of pyridine rings is 2. The highest BCUT2D eigenvalue weighted by atomic mass is 32.2. The molecule has 2 rings (SSSR count). The van der Waals surface area contributed by atoms with Gasteiger partial charge in [-0.15, -0.1) is 11.4 Å². The fourth-order valence-electron chi connectivity index (χ4n) is 0.969. The van der Waals surface area contributed by atoms with E-state index in [1.54, 1.807) is 0 Å². The molecule has 18 heavy (non-hydrogen) atoms. The standard InChI is InChI=1S/2C6H8N.H2O3S/c2*1-7-5-3-2-4-6-7;1-4(2)3/h2*2-6H,1H3;(H2,1,2,3)/q2*+1;/p-2. The molecule has 0 N–H and O–H groups in total. The Labute approximate surface area is 109 Å². The summed E-state index contributed by atoms with van der Waals surface area (Å²) in [5.74, 6) is 0. The first kappa shape index (κ1) is 16.4. The molecular formula is C12H16N2O3S. The number of nitrogens with zero attached hydrogens (tertiary/aromatic N) is 2. The van der Waals surface area contributed by atoms with Gasteiger partial charge in [-0.1, -0.05) is 12.1 Å². The van der Waals surface area contributed by atoms with E-state index in [9.17, 15) is 0 Å². The molecule has 98 valence electrons. The Morgan fingerprint density at radius 2 is 0.944 bits per heavy atom. The second-order valence-electron chi connectivity index (χ2n) is 3.29. The first-order valence-electron chi connectivity index (χ1n) is 5.09. The third-order valence-electron chi connectivity index (χ3n) is 1.73. The molecule has 0 amide bonds. The molecule has 0 bridgehead atoms. The van der Waals surface area contributed by atoms with E-state index in [0.717, 1.165) is 0 Å². The Bertz CT molecular complexity index is 396. The highest BCUT2D eigenvalue weighted by Crippen LogP contribution is 1.72. The lowest BCUT2D eigenvalue weighted by Crippen LogP contribution is -2.25. The number of aromatic nitrogens is 2.